The minimum Gasteiger partial charge on any atom is -0.380 e. The van der Waals surface area contributed by atoms with Crippen molar-refractivity contribution in [3.8, 4) is 0 Å². The molecule has 0 aliphatic heterocycles. The summed E-state index contributed by atoms with van der Waals surface area (Å²) >= 11 is 5.12. The lowest BCUT2D eigenvalue weighted by Gasteiger charge is -2.21. The van der Waals surface area contributed by atoms with Gasteiger partial charge in [0.15, 0.2) is 6.49 Å². The molecule has 0 saturated heterocycles. The predicted octanol–water partition coefficient (Wildman–Crippen LogP) is 2.72. The normalized spacial score (nSPS) is 13.2. The number of amides is 6. The average molecular weight is 867 g/mol. The number of rotatable bonds is 38. The Balaban J connectivity index is 5.08. The molecule has 17 nitrogen and oxygen atoms in total. The van der Waals surface area contributed by atoms with Gasteiger partial charge in [-0.25, -0.2) is 0 Å². The first-order valence-electron chi connectivity index (χ1n) is 21.1. The van der Waals surface area contributed by atoms with E-state index in [1.54, 1.807) is 0 Å². The summed E-state index contributed by atoms with van der Waals surface area (Å²) in [6, 6.07) is -2.07. The minimum absolute atomic E-state index is 0.00570. The maximum absolute atomic E-state index is 13.2. The van der Waals surface area contributed by atoms with Crippen molar-refractivity contribution < 1.29 is 52.4 Å². The topological polar surface area (TPSA) is 232 Å². The fourth-order valence-electron chi connectivity index (χ4n) is 5.10. The van der Waals surface area contributed by atoms with Crippen LogP contribution in [0.3, 0.4) is 0 Å². The van der Waals surface area contributed by atoms with E-state index >= 15 is 0 Å². The van der Waals surface area contributed by atoms with Crippen molar-refractivity contribution in [3.63, 3.8) is 0 Å². The van der Waals surface area contributed by atoms with E-state index in [9.17, 15) is 33.7 Å². The fraction of sp³-hybridized carbons (Fsp3) is 0.846. The van der Waals surface area contributed by atoms with E-state index in [0.29, 0.717) is 52.7 Å². The molecule has 6 amide bonds. The van der Waals surface area contributed by atoms with Crippen LogP contribution in [-0.4, -0.2) is 131 Å². The first kappa shape index (κ1) is 55.3. The van der Waals surface area contributed by atoms with Gasteiger partial charge in [0.2, 0.25) is 35.4 Å². The standard InChI is InChI=1S/C39H75N6O11PS/c1-6-24-53-28-21-41-35(47)18-16-32(38(50)42-22-29-54-25-7-2)45-37(49)19-17-33(39(51)43-23-30-55-26-8-3)44-36(48)15-13-14-34(46)40-20-11-9-10-12-27-56-57(52,58)31(4)5/h31-33H,6-30H2,1-5H3,(H,40,46)(H,41,47)(H,42,50)(H,43,51)(H,44,48)(H,45,49)(H,52,58). The maximum atomic E-state index is 13.2. The number of carbonyl (C=O) groups excluding carboxylic acids is 6. The summed E-state index contributed by atoms with van der Waals surface area (Å²) in [6.45, 7) is 11.2. The number of unbranched alkanes of at least 4 members (excludes halogenated alkanes) is 3. The minimum atomic E-state index is -2.73. The van der Waals surface area contributed by atoms with Gasteiger partial charge < -0.3 is 55.5 Å². The maximum Gasteiger partial charge on any atom is 0.242 e. The average Bonchev–Trinajstić information content (AvgIpc) is 3.18. The lowest BCUT2D eigenvalue weighted by Crippen LogP contribution is -2.50. The summed E-state index contributed by atoms with van der Waals surface area (Å²) in [7, 11) is 0. The summed E-state index contributed by atoms with van der Waals surface area (Å²) in [5, 5.41) is 16.4. The summed E-state index contributed by atoms with van der Waals surface area (Å²) in [6.07, 6.45) is 5.98. The Hall–Kier alpha value is -2.73. The van der Waals surface area contributed by atoms with E-state index in [2.05, 4.69) is 31.9 Å². The number of hydrogen-bond acceptors (Lipinski definition) is 11. The van der Waals surface area contributed by atoms with Gasteiger partial charge in [0, 0.05) is 77.3 Å². The predicted molar refractivity (Wildman–Crippen MR) is 228 cm³/mol. The number of nitrogens with one attached hydrogen (secondary N) is 6. The summed E-state index contributed by atoms with van der Waals surface area (Å²) in [4.78, 5) is 87.1. The van der Waals surface area contributed by atoms with E-state index in [0.717, 1.165) is 44.9 Å². The third-order valence-corrected chi connectivity index (χ3v) is 11.9. The molecule has 0 aliphatic carbocycles. The van der Waals surface area contributed by atoms with Gasteiger partial charge in [0.05, 0.1) is 26.4 Å². The van der Waals surface area contributed by atoms with Crippen molar-refractivity contribution in [1.82, 2.24) is 31.9 Å². The van der Waals surface area contributed by atoms with Crippen LogP contribution in [0.5, 0.6) is 0 Å². The first-order valence-corrected chi connectivity index (χ1v) is 23.9. The van der Waals surface area contributed by atoms with E-state index in [-0.39, 0.29) is 82.1 Å². The van der Waals surface area contributed by atoms with Gasteiger partial charge >= 0.3 is 0 Å². The lowest BCUT2D eigenvalue weighted by atomic mass is 10.1. The number of hydrogen-bond donors (Lipinski definition) is 7. The van der Waals surface area contributed by atoms with Crippen LogP contribution in [0.25, 0.3) is 0 Å². The molecule has 0 saturated carbocycles. The van der Waals surface area contributed by atoms with Crippen LogP contribution < -0.4 is 31.9 Å². The van der Waals surface area contributed by atoms with Crippen molar-refractivity contribution in [2.24, 2.45) is 0 Å². The molecule has 0 fully saturated rings. The third kappa shape index (κ3) is 31.2. The van der Waals surface area contributed by atoms with Crippen LogP contribution in [-0.2, 0) is 59.3 Å². The summed E-state index contributed by atoms with van der Waals surface area (Å²) in [5.41, 5.74) is -0.0779. The highest BCUT2D eigenvalue weighted by Crippen LogP contribution is 2.47. The quantitative estimate of drug-likeness (QED) is 0.0351. The second kappa shape index (κ2) is 36.1. The van der Waals surface area contributed by atoms with Crippen molar-refractivity contribution in [3.05, 3.63) is 0 Å². The highest BCUT2D eigenvalue weighted by Gasteiger charge is 2.25. The summed E-state index contributed by atoms with van der Waals surface area (Å²) < 4.78 is 21.7. The van der Waals surface area contributed by atoms with Crippen LogP contribution in [0.2, 0.25) is 0 Å². The molecule has 58 heavy (non-hydrogen) atoms. The Morgan fingerprint density at radius 3 is 1.43 bits per heavy atom. The highest BCUT2D eigenvalue weighted by molar-refractivity contribution is 8.09. The molecule has 0 aliphatic rings. The highest BCUT2D eigenvalue weighted by atomic mass is 32.5. The molecule has 3 atom stereocenters. The SMILES string of the molecule is CCCOCCNC(=O)CCC(NC(=O)CCC(NC(=O)CCCC(=O)NCCCCCCOP(O)(=S)C(C)C)C(=O)NCCOCCC)C(=O)NCCOCCC. The zero-order chi connectivity index (χ0) is 43.4. The Labute approximate surface area is 351 Å². The summed E-state index contributed by atoms with van der Waals surface area (Å²) in [5.74, 6) is -2.41. The number of ether oxygens (including phenoxy) is 3. The van der Waals surface area contributed by atoms with Crippen molar-refractivity contribution in [2.75, 3.05) is 72.4 Å². The van der Waals surface area contributed by atoms with Gasteiger partial charge in [-0.1, -0.05) is 47.5 Å². The molecule has 19 heteroatoms. The first-order chi connectivity index (χ1) is 27.8. The molecular weight excluding hydrogens is 792 g/mol. The van der Waals surface area contributed by atoms with Crippen molar-refractivity contribution >= 4 is 53.7 Å². The molecule has 0 bridgehead atoms. The third-order valence-electron chi connectivity index (χ3n) is 8.46. The van der Waals surface area contributed by atoms with E-state index in [1.807, 2.05) is 34.6 Å². The molecule has 0 rings (SSSR count). The van der Waals surface area contributed by atoms with Crippen LogP contribution in [0, 0.1) is 0 Å². The molecule has 0 aromatic carbocycles. The lowest BCUT2D eigenvalue weighted by molar-refractivity contribution is -0.131. The molecule has 0 radical (unpaired) electrons. The molecule has 0 aromatic heterocycles. The van der Waals surface area contributed by atoms with Crippen LogP contribution >= 0.6 is 6.49 Å². The Morgan fingerprint density at radius 2 is 0.931 bits per heavy atom. The largest absolute Gasteiger partial charge is 0.380 e. The van der Waals surface area contributed by atoms with Gasteiger partial charge in [-0.3, -0.25) is 28.8 Å². The van der Waals surface area contributed by atoms with Gasteiger partial charge in [0.1, 0.15) is 12.1 Å². The smallest absolute Gasteiger partial charge is 0.242 e. The monoisotopic (exact) mass is 866 g/mol. The Bertz CT molecular complexity index is 1220. The molecule has 3 unspecified atom stereocenters. The van der Waals surface area contributed by atoms with Gasteiger partial charge in [-0.05, 0) is 63.2 Å². The van der Waals surface area contributed by atoms with E-state index in [1.165, 1.54) is 0 Å². The van der Waals surface area contributed by atoms with Crippen molar-refractivity contribution in [2.45, 2.75) is 142 Å². The van der Waals surface area contributed by atoms with E-state index in [4.69, 9.17) is 30.5 Å². The molecular formula is C39H75N6O11PS. The Kier molecular flexibility index (Phi) is 34.4. The molecule has 0 spiro atoms. The van der Waals surface area contributed by atoms with Gasteiger partial charge in [0.25, 0.3) is 0 Å². The molecule has 7 N–H and O–H groups in total. The fourth-order valence-corrected chi connectivity index (χ4v) is 6.01. The van der Waals surface area contributed by atoms with Crippen LogP contribution in [0.1, 0.15) is 125 Å². The molecule has 0 heterocycles. The zero-order valence-electron chi connectivity index (χ0n) is 35.8. The van der Waals surface area contributed by atoms with Crippen LogP contribution in [0.4, 0.5) is 0 Å². The molecule has 0 aromatic rings. The second-order valence-corrected chi connectivity index (χ2v) is 18.2. The number of carbonyl (C=O) groups is 6. The van der Waals surface area contributed by atoms with Gasteiger partial charge in [-0.15, -0.1) is 0 Å². The molecule has 338 valence electrons. The van der Waals surface area contributed by atoms with Crippen molar-refractivity contribution in [1.29, 1.82) is 0 Å². The van der Waals surface area contributed by atoms with E-state index < -0.39 is 42.2 Å². The van der Waals surface area contributed by atoms with Gasteiger partial charge in [-0.2, -0.15) is 0 Å². The van der Waals surface area contributed by atoms with Crippen LogP contribution in [0.15, 0.2) is 0 Å². The zero-order valence-corrected chi connectivity index (χ0v) is 37.5. The Morgan fingerprint density at radius 1 is 0.517 bits per heavy atom. The second-order valence-electron chi connectivity index (χ2n) is 14.2.